The Balaban J connectivity index is 1.73. The summed E-state index contributed by atoms with van der Waals surface area (Å²) in [5, 5.41) is 8.67. The molecule has 1 heterocycles. The molecule has 114 valence electrons. The molecule has 0 radical (unpaired) electrons. The van der Waals surface area contributed by atoms with Crippen LogP contribution in [0.3, 0.4) is 0 Å². The fourth-order valence-electron chi connectivity index (χ4n) is 3.04. The van der Waals surface area contributed by atoms with Crippen LogP contribution < -0.4 is 5.73 Å². The average molecular weight is 283 g/mol. The SMILES string of the molecule is NCC1(CC(=O)N2CCN(CCC(=O)O)CC2)CCC1. The minimum Gasteiger partial charge on any atom is -0.481 e. The average Bonchev–Trinajstić information content (AvgIpc) is 2.41. The van der Waals surface area contributed by atoms with Gasteiger partial charge < -0.3 is 15.7 Å². The van der Waals surface area contributed by atoms with Crippen LogP contribution in [0.5, 0.6) is 0 Å². The standard InChI is InChI=1S/C14H25N3O3/c15-11-14(3-1-4-14)10-12(18)17-8-6-16(7-9-17)5-2-13(19)20/h1-11,15H2,(H,19,20). The van der Waals surface area contributed by atoms with Crippen molar-refractivity contribution in [1.29, 1.82) is 0 Å². The third-order valence-corrected chi connectivity index (χ3v) is 4.74. The van der Waals surface area contributed by atoms with Gasteiger partial charge in [0.25, 0.3) is 0 Å². The van der Waals surface area contributed by atoms with Crippen molar-refractivity contribution >= 4 is 11.9 Å². The molecule has 6 heteroatoms. The highest BCUT2D eigenvalue weighted by molar-refractivity contribution is 5.77. The van der Waals surface area contributed by atoms with Crippen molar-refractivity contribution in [2.45, 2.75) is 32.1 Å². The molecule has 0 aromatic carbocycles. The lowest BCUT2D eigenvalue weighted by Gasteiger charge is -2.42. The molecule has 0 atom stereocenters. The molecule has 0 aromatic rings. The summed E-state index contributed by atoms with van der Waals surface area (Å²) in [5.41, 5.74) is 5.87. The van der Waals surface area contributed by atoms with Gasteiger partial charge >= 0.3 is 5.97 Å². The number of aliphatic carboxylic acids is 1. The summed E-state index contributed by atoms with van der Waals surface area (Å²) in [6.45, 7) is 4.14. The van der Waals surface area contributed by atoms with Crippen LogP contribution in [-0.2, 0) is 9.59 Å². The van der Waals surface area contributed by atoms with Gasteiger partial charge in [0, 0.05) is 39.1 Å². The Morgan fingerprint density at radius 3 is 2.25 bits per heavy atom. The molecule has 6 nitrogen and oxygen atoms in total. The number of piperazine rings is 1. The first-order chi connectivity index (χ1) is 9.54. The van der Waals surface area contributed by atoms with E-state index in [1.165, 1.54) is 6.42 Å². The van der Waals surface area contributed by atoms with Crippen LogP contribution in [-0.4, -0.2) is 66.1 Å². The molecule has 1 amide bonds. The molecule has 0 bridgehead atoms. The van der Waals surface area contributed by atoms with Crippen LogP contribution in [0.2, 0.25) is 0 Å². The van der Waals surface area contributed by atoms with Crippen LogP contribution in [0.15, 0.2) is 0 Å². The van der Waals surface area contributed by atoms with E-state index in [2.05, 4.69) is 4.90 Å². The number of amides is 1. The molecule has 1 saturated carbocycles. The Kier molecular flexibility index (Phi) is 4.99. The number of hydrogen-bond acceptors (Lipinski definition) is 4. The number of rotatable bonds is 6. The molecule has 0 unspecified atom stereocenters. The van der Waals surface area contributed by atoms with Crippen molar-refractivity contribution in [1.82, 2.24) is 9.80 Å². The Morgan fingerprint density at radius 1 is 1.15 bits per heavy atom. The summed E-state index contributed by atoms with van der Waals surface area (Å²) in [6, 6.07) is 0. The van der Waals surface area contributed by atoms with Gasteiger partial charge in [0.05, 0.1) is 6.42 Å². The molecule has 3 N–H and O–H groups in total. The van der Waals surface area contributed by atoms with Gasteiger partial charge in [0.1, 0.15) is 0 Å². The zero-order chi connectivity index (χ0) is 14.6. The van der Waals surface area contributed by atoms with Gasteiger partial charge in [-0.1, -0.05) is 6.42 Å². The molecule has 0 aromatic heterocycles. The molecule has 2 aliphatic rings. The topological polar surface area (TPSA) is 86.9 Å². The third kappa shape index (κ3) is 3.70. The van der Waals surface area contributed by atoms with Gasteiger partial charge in [-0.15, -0.1) is 0 Å². The first-order valence-electron chi connectivity index (χ1n) is 7.47. The number of carboxylic acid groups (broad SMARTS) is 1. The van der Waals surface area contributed by atoms with Gasteiger partial charge in [-0.25, -0.2) is 0 Å². The molecule has 1 aliphatic carbocycles. The summed E-state index contributed by atoms with van der Waals surface area (Å²) < 4.78 is 0. The van der Waals surface area contributed by atoms with E-state index in [0.29, 0.717) is 32.6 Å². The van der Waals surface area contributed by atoms with Crippen molar-refractivity contribution in [2.24, 2.45) is 11.1 Å². The molecule has 0 spiro atoms. The summed E-state index contributed by atoms with van der Waals surface area (Å²) in [4.78, 5) is 26.9. The van der Waals surface area contributed by atoms with E-state index in [9.17, 15) is 9.59 Å². The Hall–Kier alpha value is -1.14. The minimum absolute atomic E-state index is 0.0670. The monoisotopic (exact) mass is 283 g/mol. The van der Waals surface area contributed by atoms with Crippen molar-refractivity contribution in [2.75, 3.05) is 39.3 Å². The molecule has 1 saturated heterocycles. The van der Waals surface area contributed by atoms with Crippen LogP contribution >= 0.6 is 0 Å². The fourth-order valence-corrected chi connectivity index (χ4v) is 3.04. The number of hydrogen-bond donors (Lipinski definition) is 2. The van der Waals surface area contributed by atoms with E-state index in [-0.39, 0.29) is 17.7 Å². The summed E-state index contributed by atoms with van der Waals surface area (Å²) in [5.74, 6) is -0.550. The maximum Gasteiger partial charge on any atom is 0.304 e. The highest BCUT2D eigenvalue weighted by Gasteiger charge is 2.38. The second-order valence-corrected chi connectivity index (χ2v) is 6.10. The number of nitrogens with two attached hydrogens (primary N) is 1. The van der Waals surface area contributed by atoms with E-state index in [4.69, 9.17) is 10.8 Å². The number of nitrogens with zero attached hydrogens (tertiary/aromatic N) is 2. The summed E-state index contributed by atoms with van der Waals surface area (Å²) >= 11 is 0. The summed E-state index contributed by atoms with van der Waals surface area (Å²) in [6.07, 6.45) is 4.10. The highest BCUT2D eigenvalue weighted by atomic mass is 16.4. The van der Waals surface area contributed by atoms with E-state index < -0.39 is 5.97 Å². The maximum absolute atomic E-state index is 12.3. The zero-order valence-electron chi connectivity index (χ0n) is 12.0. The number of carbonyl (C=O) groups is 2. The molecule has 1 aliphatic heterocycles. The lowest BCUT2D eigenvalue weighted by molar-refractivity contribution is -0.139. The van der Waals surface area contributed by atoms with Crippen LogP contribution in [0.1, 0.15) is 32.1 Å². The lowest BCUT2D eigenvalue weighted by atomic mass is 9.66. The second kappa shape index (κ2) is 6.54. The Labute approximate surface area is 119 Å². The van der Waals surface area contributed by atoms with Crippen LogP contribution in [0, 0.1) is 5.41 Å². The normalized spacial score (nSPS) is 22.4. The zero-order valence-corrected chi connectivity index (χ0v) is 12.0. The lowest BCUT2D eigenvalue weighted by Crippen LogP contribution is -2.51. The summed E-state index contributed by atoms with van der Waals surface area (Å²) in [7, 11) is 0. The van der Waals surface area contributed by atoms with Gasteiger partial charge in [-0.3, -0.25) is 14.5 Å². The quantitative estimate of drug-likeness (QED) is 0.723. The maximum atomic E-state index is 12.3. The molecular formula is C14H25N3O3. The first-order valence-corrected chi connectivity index (χ1v) is 7.47. The Bertz CT molecular complexity index is 355. The largest absolute Gasteiger partial charge is 0.481 e. The van der Waals surface area contributed by atoms with E-state index >= 15 is 0 Å². The number of carboxylic acids is 1. The Morgan fingerprint density at radius 2 is 1.80 bits per heavy atom. The second-order valence-electron chi connectivity index (χ2n) is 6.10. The molecule has 2 fully saturated rings. The van der Waals surface area contributed by atoms with Gasteiger partial charge in [0.2, 0.25) is 5.91 Å². The van der Waals surface area contributed by atoms with Crippen molar-refractivity contribution in [3.8, 4) is 0 Å². The first kappa shape index (κ1) is 15.3. The van der Waals surface area contributed by atoms with Crippen molar-refractivity contribution < 1.29 is 14.7 Å². The van der Waals surface area contributed by atoms with Gasteiger partial charge in [-0.2, -0.15) is 0 Å². The van der Waals surface area contributed by atoms with Gasteiger partial charge in [-0.05, 0) is 24.8 Å². The van der Waals surface area contributed by atoms with E-state index in [1.54, 1.807) is 0 Å². The molecule has 2 rings (SSSR count). The van der Waals surface area contributed by atoms with Gasteiger partial charge in [0.15, 0.2) is 0 Å². The third-order valence-electron chi connectivity index (χ3n) is 4.74. The van der Waals surface area contributed by atoms with Crippen molar-refractivity contribution in [3.63, 3.8) is 0 Å². The smallest absolute Gasteiger partial charge is 0.304 e. The minimum atomic E-state index is -0.765. The van der Waals surface area contributed by atoms with Crippen LogP contribution in [0.4, 0.5) is 0 Å². The highest BCUT2D eigenvalue weighted by Crippen LogP contribution is 2.43. The van der Waals surface area contributed by atoms with Crippen molar-refractivity contribution in [3.05, 3.63) is 0 Å². The predicted molar refractivity (Wildman–Crippen MR) is 75.2 cm³/mol. The number of carbonyl (C=O) groups excluding carboxylic acids is 1. The molecular weight excluding hydrogens is 258 g/mol. The van der Waals surface area contributed by atoms with Crippen LogP contribution in [0.25, 0.3) is 0 Å². The van der Waals surface area contributed by atoms with E-state index in [1.807, 2.05) is 4.90 Å². The van der Waals surface area contributed by atoms with E-state index in [0.717, 1.165) is 25.9 Å². The molecule has 20 heavy (non-hydrogen) atoms. The predicted octanol–water partition coefficient (Wildman–Crippen LogP) is 0.124. The fraction of sp³-hybridized carbons (Fsp3) is 0.857.